The first-order valence-corrected chi connectivity index (χ1v) is 5.49. The quantitative estimate of drug-likeness (QED) is 0.635. The van der Waals surface area contributed by atoms with Crippen molar-refractivity contribution < 1.29 is 4.39 Å². The SMILES string of the molecule is C[C@@H]1CC[C@]2(c3ccccc3F)CC12. The Morgan fingerprint density at radius 3 is 2.71 bits per heavy atom. The molecule has 3 atom stereocenters. The van der Waals surface area contributed by atoms with Crippen molar-refractivity contribution in [2.45, 2.75) is 31.6 Å². The fourth-order valence-electron chi connectivity index (χ4n) is 3.36. The van der Waals surface area contributed by atoms with Crippen LogP contribution in [0.15, 0.2) is 24.3 Å². The van der Waals surface area contributed by atoms with Crippen LogP contribution in [0, 0.1) is 17.7 Å². The van der Waals surface area contributed by atoms with Gasteiger partial charge in [0.25, 0.3) is 0 Å². The largest absolute Gasteiger partial charge is 0.207 e. The van der Waals surface area contributed by atoms with Gasteiger partial charge in [-0.3, -0.25) is 0 Å². The van der Waals surface area contributed by atoms with Gasteiger partial charge in [0.1, 0.15) is 5.82 Å². The number of fused-ring (bicyclic) bond motifs is 1. The second kappa shape index (κ2) is 2.59. The molecule has 0 bridgehead atoms. The van der Waals surface area contributed by atoms with Crippen molar-refractivity contribution in [2.24, 2.45) is 11.8 Å². The van der Waals surface area contributed by atoms with Crippen molar-refractivity contribution in [2.75, 3.05) is 0 Å². The number of hydrogen-bond acceptors (Lipinski definition) is 0. The molecule has 0 spiro atoms. The zero-order chi connectivity index (χ0) is 9.76. The summed E-state index contributed by atoms with van der Waals surface area (Å²) in [5, 5.41) is 0. The van der Waals surface area contributed by atoms with Gasteiger partial charge in [0.15, 0.2) is 0 Å². The number of benzene rings is 1. The molecule has 0 radical (unpaired) electrons. The fraction of sp³-hybridized carbons (Fsp3) is 0.538. The van der Waals surface area contributed by atoms with E-state index in [4.69, 9.17) is 0 Å². The van der Waals surface area contributed by atoms with Crippen molar-refractivity contribution in [3.63, 3.8) is 0 Å². The molecule has 1 unspecified atom stereocenters. The third-order valence-corrected chi connectivity index (χ3v) is 4.28. The molecule has 14 heavy (non-hydrogen) atoms. The first-order chi connectivity index (χ1) is 6.74. The van der Waals surface area contributed by atoms with Crippen LogP contribution in [0.1, 0.15) is 31.7 Å². The molecule has 1 heteroatoms. The number of hydrogen-bond donors (Lipinski definition) is 0. The van der Waals surface area contributed by atoms with Gasteiger partial charge >= 0.3 is 0 Å². The zero-order valence-electron chi connectivity index (χ0n) is 8.46. The molecule has 0 saturated heterocycles. The normalized spacial score (nSPS) is 39.6. The Kier molecular flexibility index (Phi) is 1.56. The van der Waals surface area contributed by atoms with Crippen LogP contribution in [0.2, 0.25) is 0 Å². The summed E-state index contributed by atoms with van der Waals surface area (Å²) in [6.07, 6.45) is 3.69. The van der Waals surface area contributed by atoms with Crippen molar-refractivity contribution in [3.8, 4) is 0 Å². The van der Waals surface area contributed by atoms with E-state index < -0.39 is 0 Å². The van der Waals surface area contributed by atoms with E-state index in [0.717, 1.165) is 17.4 Å². The Labute approximate surface area is 84.1 Å². The van der Waals surface area contributed by atoms with Gasteiger partial charge in [-0.05, 0) is 42.7 Å². The topological polar surface area (TPSA) is 0 Å². The molecule has 0 heterocycles. The average Bonchev–Trinajstić information content (AvgIpc) is 2.84. The van der Waals surface area contributed by atoms with Gasteiger partial charge in [-0.25, -0.2) is 4.39 Å². The van der Waals surface area contributed by atoms with Crippen LogP contribution in [0.25, 0.3) is 0 Å². The van der Waals surface area contributed by atoms with E-state index in [9.17, 15) is 4.39 Å². The monoisotopic (exact) mass is 190 g/mol. The molecule has 0 aromatic heterocycles. The minimum absolute atomic E-state index is 0.00380. The average molecular weight is 190 g/mol. The maximum atomic E-state index is 13.6. The molecule has 0 amide bonds. The van der Waals surface area contributed by atoms with Crippen LogP contribution >= 0.6 is 0 Å². The first kappa shape index (κ1) is 8.46. The number of halogens is 1. The molecular formula is C13H15F. The lowest BCUT2D eigenvalue weighted by atomic mass is 9.93. The van der Waals surface area contributed by atoms with Crippen LogP contribution in [-0.4, -0.2) is 0 Å². The van der Waals surface area contributed by atoms with Gasteiger partial charge < -0.3 is 0 Å². The van der Waals surface area contributed by atoms with E-state index in [1.54, 1.807) is 12.1 Å². The predicted molar refractivity (Wildman–Crippen MR) is 54.6 cm³/mol. The van der Waals surface area contributed by atoms with E-state index in [0.29, 0.717) is 0 Å². The van der Waals surface area contributed by atoms with Crippen molar-refractivity contribution in [3.05, 3.63) is 35.6 Å². The summed E-state index contributed by atoms with van der Waals surface area (Å²) in [5.74, 6) is 1.57. The summed E-state index contributed by atoms with van der Waals surface area (Å²) in [4.78, 5) is 0. The third-order valence-electron chi connectivity index (χ3n) is 4.28. The molecule has 2 fully saturated rings. The molecule has 0 N–H and O–H groups in total. The molecule has 74 valence electrons. The Morgan fingerprint density at radius 1 is 1.36 bits per heavy atom. The highest BCUT2D eigenvalue weighted by molar-refractivity contribution is 5.37. The lowest BCUT2D eigenvalue weighted by Gasteiger charge is -2.12. The van der Waals surface area contributed by atoms with Crippen molar-refractivity contribution in [1.82, 2.24) is 0 Å². The maximum absolute atomic E-state index is 13.6. The second-order valence-electron chi connectivity index (χ2n) is 4.96. The molecule has 1 aromatic rings. The highest BCUT2D eigenvalue weighted by atomic mass is 19.1. The second-order valence-corrected chi connectivity index (χ2v) is 4.96. The highest BCUT2D eigenvalue weighted by Gasteiger charge is 2.61. The summed E-state index contributed by atoms with van der Waals surface area (Å²) in [5.41, 5.74) is 1.22. The highest BCUT2D eigenvalue weighted by Crippen LogP contribution is 2.66. The Morgan fingerprint density at radius 2 is 2.14 bits per heavy atom. The van der Waals surface area contributed by atoms with Gasteiger partial charge in [-0.15, -0.1) is 0 Å². The lowest BCUT2D eigenvalue weighted by Crippen LogP contribution is -2.07. The molecule has 0 nitrogen and oxygen atoms in total. The predicted octanol–water partition coefficient (Wildman–Crippen LogP) is 3.51. The third kappa shape index (κ3) is 0.930. The standard InChI is InChI=1S/C13H15F/c1-9-6-7-13(8-11(9)13)10-4-2-3-5-12(10)14/h2-5,9,11H,6-8H2,1H3/t9-,11?,13-/m1/s1. The number of rotatable bonds is 1. The Balaban J connectivity index is 2.02. The lowest BCUT2D eigenvalue weighted by molar-refractivity contribution is 0.530. The Bertz CT molecular complexity index is 371. The van der Waals surface area contributed by atoms with Crippen molar-refractivity contribution >= 4 is 0 Å². The molecule has 2 aliphatic carbocycles. The molecule has 1 aromatic carbocycles. The summed E-state index contributed by atoms with van der Waals surface area (Å²) < 4.78 is 13.6. The van der Waals surface area contributed by atoms with Crippen LogP contribution < -0.4 is 0 Å². The van der Waals surface area contributed by atoms with Crippen molar-refractivity contribution in [1.29, 1.82) is 0 Å². The summed E-state index contributed by atoms with van der Waals surface area (Å²) in [7, 11) is 0. The van der Waals surface area contributed by atoms with Gasteiger partial charge in [-0.2, -0.15) is 0 Å². The van der Waals surface area contributed by atoms with Crippen LogP contribution in [0.5, 0.6) is 0 Å². The minimum atomic E-state index is 0.00380. The van der Waals surface area contributed by atoms with E-state index in [-0.39, 0.29) is 11.2 Å². The first-order valence-electron chi connectivity index (χ1n) is 5.49. The van der Waals surface area contributed by atoms with E-state index >= 15 is 0 Å². The van der Waals surface area contributed by atoms with Crippen LogP contribution in [0.4, 0.5) is 4.39 Å². The van der Waals surface area contributed by atoms with Gasteiger partial charge in [0.05, 0.1) is 0 Å². The van der Waals surface area contributed by atoms with E-state index in [1.807, 2.05) is 12.1 Å². The molecule has 3 rings (SSSR count). The molecule has 2 aliphatic rings. The minimum Gasteiger partial charge on any atom is -0.207 e. The Hall–Kier alpha value is -0.850. The van der Waals surface area contributed by atoms with Gasteiger partial charge in [0, 0.05) is 5.41 Å². The van der Waals surface area contributed by atoms with Gasteiger partial charge in [-0.1, -0.05) is 25.1 Å². The molecule has 0 aliphatic heterocycles. The van der Waals surface area contributed by atoms with E-state index in [2.05, 4.69) is 6.92 Å². The van der Waals surface area contributed by atoms with Crippen LogP contribution in [-0.2, 0) is 5.41 Å². The van der Waals surface area contributed by atoms with Gasteiger partial charge in [0.2, 0.25) is 0 Å². The fourth-order valence-corrected chi connectivity index (χ4v) is 3.36. The zero-order valence-corrected chi connectivity index (χ0v) is 8.46. The summed E-state index contributed by atoms with van der Waals surface area (Å²) in [6, 6.07) is 7.33. The molecular weight excluding hydrogens is 175 g/mol. The van der Waals surface area contributed by atoms with Crippen LogP contribution in [0.3, 0.4) is 0 Å². The summed E-state index contributed by atoms with van der Waals surface area (Å²) in [6.45, 7) is 2.31. The van der Waals surface area contributed by atoms with E-state index in [1.165, 1.54) is 19.3 Å². The maximum Gasteiger partial charge on any atom is 0.126 e. The smallest absolute Gasteiger partial charge is 0.126 e. The molecule has 2 saturated carbocycles. The summed E-state index contributed by atoms with van der Waals surface area (Å²) >= 11 is 0.